The van der Waals surface area contributed by atoms with Crippen LogP contribution >= 0.6 is 11.6 Å². The molecule has 0 aliphatic carbocycles. The molecular weight excluding hydrogens is 213 g/mol. The summed E-state index contributed by atoms with van der Waals surface area (Å²) in [5.41, 5.74) is 2.59. The molecule has 0 unspecified atom stereocenters. The van der Waals surface area contributed by atoms with Crippen LogP contribution < -0.4 is 5.32 Å². The average Bonchev–Trinajstić information content (AvgIpc) is 1.97. The van der Waals surface area contributed by atoms with Gasteiger partial charge in [0.2, 0.25) is 0 Å². The second-order valence-electron chi connectivity index (χ2n) is 4.48. The first-order valence-corrected chi connectivity index (χ1v) is 5.24. The molecule has 0 fully saturated rings. The third-order valence-corrected chi connectivity index (χ3v) is 2.78. The molecule has 1 heterocycles. The lowest BCUT2D eigenvalue weighted by molar-refractivity contribution is 0.626. The van der Waals surface area contributed by atoms with E-state index in [1.807, 2.05) is 20.8 Å². The van der Waals surface area contributed by atoms with Crippen molar-refractivity contribution in [2.45, 2.75) is 26.3 Å². The van der Waals surface area contributed by atoms with Gasteiger partial charge in [0.05, 0.1) is 10.6 Å². The Bertz CT molecular complexity index is 449. The number of rotatable bonds is 0. The molecule has 0 saturated carbocycles. The van der Waals surface area contributed by atoms with Gasteiger partial charge >= 0.3 is 0 Å². The molecular formula is C12H13ClFN. The molecule has 15 heavy (non-hydrogen) atoms. The van der Waals surface area contributed by atoms with E-state index >= 15 is 0 Å². The van der Waals surface area contributed by atoms with Gasteiger partial charge in [-0.3, -0.25) is 0 Å². The molecule has 0 bridgehead atoms. The highest BCUT2D eigenvalue weighted by Crippen LogP contribution is 2.38. The van der Waals surface area contributed by atoms with Gasteiger partial charge in [-0.25, -0.2) is 4.39 Å². The molecule has 0 atom stereocenters. The molecule has 0 spiro atoms. The zero-order valence-electron chi connectivity index (χ0n) is 8.99. The topological polar surface area (TPSA) is 12.0 Å². The Labute approximate surface area is 93.9 Å². The van der Waals surface area contributed by atoms with Crippen LogP contribution in [-0.2, 0) is 0 Å². The smallest absolute Gasteiger partial charge is 0.126 e. The molecule has 0 aromatic heterocycles. The number of allylic oxidation sites excluding steroid dienone is 1. The standard InChI is InChI=1S/C12H13ClFN/c1-7-6-12(2,3)15-10-5-8(14)4-9(13)11(7)10/h4-6,15H,1-3H3. The third-order valence-electron chi connectivity index (χ3n) is 2.48. The van der Waals surface area contributed by atoms with E-state index < -0.39 is 0 Å². The van der Waals surface area contributed by atoms with Crippen LogP contribution in [0.4, 0.5) is 10.1 Å². The second kappa shape index (κ2) is 3.24. The molecule has 0 radical (unpaired) electrons. The summed E-state index contributed by atoms with van der Waals surface area (Å²) in [7, 11) is 0. The zero-order chi connectivity index (χ0) is 11.2. The van der Waals surface area contributed by atoms with E-state index in [-0.39, 0.29) is 11.4 Å². The molecule has 0 saturated heterocycles. The Morgan fingerprint density at radius 3 is 2.67 bits per heavy atom. The molecule has 2 rings (SSSR count). The number of anilines is 1. The minimum atomic E-state index is -0.309. The molecule has 80 valence electrons. The highest BCUT2D eigenvalue weighted by molar-refractivity contribution is 6.33. The van der Waals surface area contributed by atoms with Crippen molar-refractivity contribution < 1.29 is 4.39 Å². The number of fused-ring (bicyclic) bond motifs is 1. The maximum Gasteiger partial charge on any atom is 0.126 e. The Morgan fingerprint density at radius 2 is 2.00 bits per heavy atom. The molecule has 1 N–H and O–H groups in total. The summed E-state index contributed by atoms with van der Waals surface area (Å²) in [6.45, 7) is 6.07. The van der Waals surface area contributed by atoms with Crippen LogP contribution in [0.3, 0.4) is 0 Å². The first-order chi connectivity index (χ1) is 6.89. The van der Waals surface area contributed by atoms with Crippen LogP contribution in [0.15, 0.2) is 18.2 Å². The molecule has 0 amide bonds. The van der Waals surface area contributed by atoms with Gasteiger partial charge in [0.15, 0.2) is 0 Å². The SMILES string of the molecule is CC1=CC(C)(C)Nc2cc(F)cc(Cl)c21. The Morgan fingerprint density at radius 1 is 1.33 bits per heavy atom. The van der Waals surface area contributed by atoms with Crippen LogP contribution in [0.5, 0.6) is 0 Å². The predicted octanol–water partition coefficient (Wildman–Crippen LogP) is 4.09. The summed E-state index contributed by atoms with van der Waals surface area (Å²) in [6, 6.07) is 2.83. The molecule has 1 aliphatic heterocycles. The van der Waals surface area contributed by atoms with Crippen molar-refractivity contribution in [3.63, 3.8) is 0 Å². The van der Waals surface area contributed by atoms with E-state index in [2.05, 4.69) is 11.4 Å². The van der Waals surface area contributed by atoms with Crippen molar-refractivity contribution in [3.05, 3.63) is 34.6 Å². The van der Waals surface area contributed by atoms with Crippen molar-refractivity contribution >= 4 is 22.9 Å². The molecule has 1 aromatic rings. The third kappa shape index (κ3) is 1.86. The van der Waals surface area contributed by atoms with E-state index in [1.165, 1.54) is 12.1 Å². The highest BCUT2D eigenvalue weighted by atomic mass is 35.5. The first kappa shape index (κ1) is 10.5. The molecule has 1 aliphatic rings. The van der Waals surface area contributed by atoms with E-state index in [4.69, 9.17) is 11.6 Å². The monoisotopic (exact) mass is 225 g/mol. The van der Waals surface area contributed by atoms with Gasteiger partial charge in [0.1, 0.15) is 5.82 Å². The van der Waals surface area contributed by atoms with Crippen molar-refractivity contribution in [1.29, 1.82) is 0 Å². The fraction of sp³-hybridized carbons (Fsp3) is 0.333. The summed E-state index contributed by atoms with van der Waals surface area (Å²) in [5.74, 6) is -0.309. The first-order valence-electron chi connectivity index (χ1n) is 4.86. The normalized spacial score (nSPS) is 17.8. The second-order valence-corrected chi connectivity index (χ2v) is 4.89. The number of halogens is 2. The van der Waals surface area contributed by atoms with Crippen molar-refractivity contribution in [2.75, 3.05) is 5.32 Å². The zero-order valence-corrected chi connectivity index (χ0v) is 9.74. The van der Waals surface area contributed by atoms with E-state index in [0.717, 1.165) is 16.8 Å². The van der Waals surface area contributed by atoms with Gasteiger partial charge in [-0.2, -0.15) is 0 Å². The van der Waals surface area contributed by atoms with Crippen LogP contribution in [0.25, 0.3) is 5.57 Å². The van der Waals surface area contributed by atoms with E-state index in [1.54, 1.807) is 0 Å². The lowest BCUT2D eigenvalue weighted by Gasteiger charge is -2.31. The van der Waals surface area contributed by atoms with Crippen molar-refractivity contribution in [2.24, 2.45) is 0 Å². The summed E-state index contributed by atoms with van der Waals surface area (Å²) in [5, 5.41) is 3.71. The minimum Gasteiger partial charge on any atom is -0.376 e. The van der Waals surface area contributed by atoms with Gasteiger partial charge in [-0.05, 0) is 38.5 Å². The Kier molecular flexibility index (Phi) is 2.27. The number of nitrogens with one attached hydrogen (secondary N) is 1. The van der Waals surface area contributed by atoms with E-state index in [9.17, 15) is 4.39 Å². The van der Waals surface area contributed by atoms with Crippen LogP contribution in [0, 0.1) is 5.82 Å². The highest BCUT2D eigenvalue weighted by Gasteiger charge is 2.24. The van der Waals surface area contributed by atoms with Gasteiger partial charge in [-0.15, -0.1) is 0 Å². The van der Waals surface area contributed by atoms with Crippen molar-refractivity contribution in [3.8, 4) is 0 Å². The number of hydrogen-bond acceptors (Lipinski definition) is 1. The minimum absolute atomic E-state index is 0.159. The molecule has 3 heteroatoms. The lowest BCUT2D eigenvalue weighted by Crippen LogP contribution is -2.31. The predicted molar refractivity (Wildman–Crippen MR) is 62.8 cm³/mol. The van der Waals surface area contributed by atoms with Gasteiger partial charge < -0.3 is 5.32 Å². The van der Waals surface area contributed by atoms with Crippen LogP contribution in [0.1, 0.15) is 26.3 Å². The quantitative estimate of drug-likeness (QED) is 0.702. The van der Waals surface area contributed by atoms with E-state index in [0.29, 0.717) is 5.02 Å². The average molecular weight is 226 g/mol. The van der Waals surface area contributed by atoms with Gasteiger partial charge in [0.25, 0.3) is 0 Å². The van der Waals surface area contributed by atoms with Crippen LogP contribution in [-0.4, -0.2) is 5.54 Å². The number of hydrogen-bond donors (Lipinski definition) is 1. The van der Waals surface area contributed by atoms with Gasteiger partial charge in [0, 0.05) is 11.3 Å². The summed E-state index contributed by atoms with van der Waals surface area (Å²) in [6.07, 6.45) is 2.10. The van der Waals surface area contributed by atoms with Crippen molar-refractivity contribution in [1.82, 2.24) is 0 Å². The maximum atomic E-state index is 13.2. The summed E-state index contributed by atoms with van der Waals surface area (Å²) >= 11 is 6.01. The fourth-order valence-electron chi connectivity index (χ4n) is 2.07. The van der Waals surface area contributed by atoms with Crippen LogP contribution in [0.2, 0.25) is 5.02 Å². The van der Waals surface area contributed by atoms with Gasteiger partial charge in [-0.1, -0.05) is 17.7 Å². The Balaban J connectivity index is 2.65. The largest absolute Gasteiger partial charge is 0.376 e. The summed E-state index contributed by atoms with van der Waals surface area (Å²) < 4.78 is 13.2. The number of benzene rings is 1. The fourth-order valence-corrected chi connectivity index (χ4v) is 2.42. The summed E-state index contributed by atoms with van der Waals surface area (Å²) in [4.78, 5) is 0. The maximum absolute atomic E-state index is 13.2. The molecule has 1 nitrogen and oxygen atoms in total. The molecule has 1 aromatic carbocycles. The Hall–Kier alpha value is -1.02. The lowest BCUT2D eigenvalue weighted by atomic mass is 9.91.